The molecule has 0 aliphatic rings. The zero-order chi connectivity index (χ0) is 15.5. The smallest absolute Gasteiger partial charge is 0.270 e. The number of para-hydroxylation sites is 1. The summed E-state index contributed by atoms with van der Waals surface area (Å²) in [6, 6.07) is 13.7. The Bertz CT molecular complexity index is 848. The number of hydrogen-bond acceptors (Lipinski definition) is 3. The number of fused-ring (bicyclic) bond motifs is 1. The van der Waals surface area contributed by atoms with Crippen molar-refractivity contribution in [2.24, 2.45) is 0 Å². The molecule has 0 aliphatic heterocycles. The maximum Gasteiger partial charge on any atom is 0.270 e. The van der Waals surface area contributed by atoms with Crippen molar-refractivity contribution in [3.05, 3.63) is 71.4 Å². The van der Waals surface area contributed by atoms with Crippen LogP contribution in [0.2, 0.25) is 0 Å². The van der Waals surface area contributed by atoms with E-state index in [9.17, 15) is 9.18 Å². The number of carbonyl (C=O) groups excluding carboxylic acids is 1. The molecule has 5 heteroatoms. The van der Waals surface area contributed by atoms with Crippen molar-refractivity contribution >= 4 is 16.8 Å². The number of halogens is 1. The van der Waals surface area contributed by atoms with E-state index in [1.54, 1.807) is 31.2 Å². The van der Waals surface area contributed by atoms with E-state index in [2.05, 4.69) is 15.3 Å². The van der Waals surface area contributed by atoms with Crippen LogP contribution in [-0.4, -0.2) is 15.9 Å². The van der Waals surface area contributed by atoms with Gasteiger partial charge in [-0.05, 0) is 19.1 Å². The van der Waals surface area contributed by atoms with Crippen molar-refractivity contribution in [1.29, 1.82) is 0 Å². The summed E-state index contributed by atoms with van der Waals surface area (Å²) in [7, 11) is 0. The van der Waals surface area contributed by atoms with Crippen LogP contribution in [0, 0.1) is 12.7 Å². The monoisotopic (exact) mass is 295 g/mol. The fourth-order valence-electron chi connectivity index (χ4n) is 2.27. The lowest BCUT2D eigenvalue weighted by molar-refractivity contribution is 0.0947. The molecule has 0 saturated heterocycles. The highest BCUT2D eigenvalue weighted by Crippen LogP contribution is 2.15. The van der Waals surface area contributed by atoms with Gasteiger partial charge >= 0.3 is 0 Å². The molecule has 1 heterocycles. The van der Waals surface area contributed by atoms with E-state index in [0.29, 0.717) is 28.0 Å². The van der Waals surface area contributed by atoms with Crippen LogP contribution in [0.3, 0.4) is 0 Å². The van der Waals surface area contributed by atoms with Crippen molar-refractivity contribution in [3.8, 4) is 0 Å². The molecular weight excluding hydrogens is 281 g/mol. The molecule has 0 fully saturated rings. The number of carbonyl (C=O) groups is 1. The number of aromatic nitrogens is 2. The van der Waals surface area contributed by atoms with Crippen LogP contribution in [0.25, 0.3) is 10.9 Å². The lowest BCUT2D eigenvalue weighted by atomic mass is 10.1. The third kappa shape index (κ3) is 2.79. The second kappa shape index (κ2) is 5.89. The molecule has 0 bridgehead atoms. The number of nitrogens with one attached hydrogen (secondary N) is 1. The van der Waals surface area contributed by atoms with Crippen molar-refractivity contribution in [3.63, 3.8) is 0 Å². The van der Waals surface area contributed by atoms with Gasteiger partial charge in [0.05, 0.1) is 5.52 Å². The van der Waals surface area contributed by atoms with Crippen LogP contribution in [0.4, 0.5) is 4.39 Å². The maximum absolute atomic E-state index is 13.6. The number of amides is 1. The molecule has 0 atom stereocenters. The molecule has 1 N–H and O–H groups in total. The van der Waals surface area contributed by atoms with Crippen LogP contribution in [0.1, 0.15) is 21.9 Å². The van der Waals surface area contributed by atoms with Gasteiger partial charge in [0.15, 0.2) is 0 Å². The molecule has 1 amide bonds. The van der Waals surface area contributed by atoms with Gasteiger partial charge in [0.1, 0.15) is 17.3 Å². The Balaban J connectivity index is 1.88. The topological polar surface area (TPSA) is 54.9 Å². The number of benzene rings is 2. The van der Waals surface area contributed by atoms with Gasteiger partial charge in [-0.1, -0.05) is 36.4 Å². The van der Waals surface area contributed by atoms with Crippen molar-refractivity contribution in [1.82, 2.24) is 15.3 Å². The molecule has 0 radical (unpaired) electrons. The number of nitrogens with zero attached hydrogens (tertiary/aromatic N) is 2. The van der Waals surface area contributed by atoms with E-state index < -0.39 is 0 Å². The first kappa shape index (κ1) is 14.1. The average molecular weight is 295 g/mol. The predicted molar refractivity (Wildman–Crippen MR) is 81.8 cm³/mol. The standard InChI is InChI=1S/C17H14FN3O/c1-11-20-15-9-5-3-7-13(15)16(21-11)17(22)19-10-12-6-2-4-8-14(12)18/h2-9H,10H2,1H3,(H,19,22). The largest absolute Gasteiger partial charge is 0.346 e. The second-order valence-corrected chi connectivity index (χ2v) is 4.91. The zero-order valence-corrected chi connectivity index (χ0v) is 12.0. The molecule has 3 rings (SSSR count). The van der Waals surface area contributed by atoms with Gasteiger partial charge in [0.25, 0.3) is 5.91 Å². The third-order valence-electron chi connectivity index (χ3n) is 3.33. The van der Waals surface area contributed by atoms with Crippen LogP contribution in [-0.2, 0) is 6.54 Å². The highest BCUT2D eigenvalue weighted by Gasteiger charge is 2.13. The van der Waals surface area contributed by atoms with Crippen molar-refractivity contribution in [2.75, 3.05) is 0 Å². The third-order valence-corrected chi connectivity index (χ3v) is 3.33. The van der Waals surface area contributed by atoms with Gasteiger partial charge in [-0.25, -0.2) is 14.4 Å². The average Bonchev–Trinajstić information content (AvgIpc) is 2.53. The molecule has 0 saturated carbocycles. The van der Waals surface area contributed by atoms with E-state index in [1.807, 2.05) is 18.2 Å². The zero-order valence-electron chi connectivity index (χ0n) is 12.0. The first-order chi connectivity index (χ1) is 10.6. The van der Waals surface area contributed by atoms with Gasteiger partial charge in [-0.2, -0.15) is 0 Å². The molecule has 2 aromatic carbocycles. The summed E-state index contributed by atoms with van der Waals surface area (Å²) in [6.45, 7) is 1.85. The first-order valence-electron chi connectivity index (χ1n) is 6.90. The molecule has 0 aliphatic carbocycles. The fraction of sp³-hybridized carbons (Fsp3) is 0.118. The van der Waals surface area contributed by atoms with Gasteiger partial charge in [-0.15, -0.1) is 0 Å². The quantitative estimate of drug-likeness (QED) is 0.808. The Kier molecular flexibility index (Phi) is 3.78. The number of hydrogen-bond donors (Lipinski definition) is 1. The Hall–Kier alpha value is -2.82. The summed E-state index contributed by atoms with van der Waals surface area (Å²) >= 11 is 0. The molecule has 0 unspecified atom stereocenters. The second-order valence-electron chi connectivity index (χ2n) is 4.91. The summed E-state index contributed by atoms with van der Waals surface area (Å²) in [5.41, 5.74) is 1.46. The van der Waals surface area contributed by atoms with Gasteiger partial charge < -0.3 is 5.32 Å². The van der Waals surface area contributed by atoms with Gasteiger partial charge in [0, 0.05) is 17.5 Å². The van der Waals surface area contributed by atoms with Crippen LogP contribution >= 0.6 is 0 Å². The highest BCUT2D eigenvalue weighted by molar-refractivity contribution is 6.04. The number of rotatable bonds is 3. The first-order valence-corrected chi connectivity index (χ1v) is 6.90. The Morgan fingerprint density at radius 3 is 2.64 bits per heavy atom. The van der Waals surface area contributed by atoms with E-state index >= 15 is 0 Å². The summed E-state index contributed by atoms with van der Waals surface area (Å²) in [4.78, 5) is 20.9. The van der Waals surface area contributed by atoms with Crippen LogP contribution in [0.15, 0.2) is 48.5 Å². The van der Waals surface area contributed by atoms with E-state index in [-0.39, 0.29) is 18.3 Å². The number of aryl methyl sites for hydroxylation is 1. The van der Waals surface area contributed by atoms with Crippen LogP contribution in [0.5, 0.6) is 0 Å². The maximum atomic E-state index is 13.6. The highest BCUT2D eigenvalue weighted by atomic mass is 19.1. The van der Waals surface area contributed by atoms with Gasteiger partial charge in [-0.3, -0.25) is 4.79 Å². The SMILES string of the molecule is Cc1nc(C(=O)NCc2ccccc2F)c2ccccc2n1. The normalized spacial score (nSPS) is 10.6. The molecule has 3 aromatic rings. The molecule has 22 heavy (non-hydrogen) atoms. The molecule has 1 aromatic heterocycles. The van der Waals surface area contributed by atoms with Crippen LogP contribution < -0.4 is 5.32 Å². The minimum absolute atomic E-state index is 0.114. The van der Waals surface area contributed by atoms with Crippen molar-refractivity contribution in [2.45, 2.75) is 13.5 Å². The van der Waals surface area contributed by atoms with E-state index in [1.165, 1.54) is 6.07 Å². The van der Waals surface area contributed by atoms with E-state index in [4.69, 9.17) is 0 Å². The van der Waals surface area contributed by atoms with Gasteiger partial charge in [0.2, 0.25) is 0 Å². The minimum atomic E-state index is -0.343. The molecule has 110 valence electrons. The Morgan fingerprint density at radius 2 is 1.82 bits per heavy atom. The lowest BCUT2D eigenvalue weighted by Gasteiger charge is -2.08. The summed E-state index contributed by atoms with van der Waals surface area (Å²) in [6.07, 6.45) is 0. The summed E-state index contributed by atoms with van der Waals surface area (Å²) in [5.74, 6) is -0.161. The van der Waals surface area contributed by atoms with E-state index in [0.717, 1.165) is 0 Å². The lowest BCUT2D eigenvalue weighted by Crippen LogP contribution is -2.25. The minimum Gasteiger partial charge on any atom is -0.346 e. The fourth-order valence-corrected chi connectivity index (χ4v) is 2.27. The molecular formula is C17H14FN3O. The molecule has 4 nitrogen and oxygen atoms in total. The predicted octanol–water partition coefficient (Wildman–Crippen LogP) is 3.01. The van der Waals surface area contributed by atoms with Crippen molar-refractivity contribution < 1.29 is 9.18 Å². The Labute approximate surface area is 127 Å². The Morgan fingerprint density at radius 1 is 1.09 bits per heavy atom. The summed E-state index contributed by atoms with van der Waals surface area (Å²) < 4.78 is 13.6. The summed E-state index contributed by atoms with van der Waals surface area (Å²) in [5, 5.41) is 3.39. The molecule has 0 spiro atoms.